The van der Waals surface area contributed by atoms with Crippen molar-refractivity contribution in [1.29, 1.82) is 0 Å². The van der Waals surface area contributed by atoms with E-state index in [0.717, 1.165) is 0 Å². The highest BCUT2D eigenvalue weighted by molar-refractivity contribution is 5.34. The summed E-state index contributed by atoms with van der Waals surface area (Å²) in [5, 5.41) is 0. The second-order valence-electron chi connectivity index (χ2n) is 1.51. The van der Waals surface area contributed by atoms with Crippen LogP contribution in [-0.4, -0.2) is 0 Å². The van der Waals surface area contributed by atoms with Crippen molar-refractivity contribution in [2.45, 2.75) is 0 Å². The van der Waals surface area contributed by atoms with Crippen LogP contribution in [0.3, 0.4) is 0 Å². The van der Waals surface area contributed by atoms with Gasteiger partial charge >= 0.3 is 0 Å². The molecule has 0 N–H and O–H groups in total. The van der Waals surface area contributed by atoms with Crippen LogP contribution in [0.25, 0.3) is 0 Å². The average Bonchev–Trinajstić information content (AvgIpc) is 1.93. The van der Waals surface area contributed by atoms with Crippen LogP contribution in [0.4, 0.5) is 17.6 Å². The zero-order valence-electron chi connectivity index (χ0n) is 4.51. The monoisotopic (exact) mass is 148 g/mol. The number of allylic oxidation sites excluding steroid dienone is 4. The van der Waals surface area contributed by atoms with E-state index in [1.807, 2.05) is 0 Å². The topological polar surface area (TPSA) is 0 Å². The molecule has 0 nitrogen and oxygen atoms in total. The molecule has 0 aliphatic heterocycles. The fraction of sp³-hybridized carbons (Fsp3) is 0. The lowest BCUT2D eigenvalue weighted by atomic mass is 10.3. The van der Waals surface area contributed by atoms with Crippen LogP contribution in [0.1, 0.15) is 0 Å². The largest absolute Gasteiger partial charge is 0.212 e. The first-order chi connectivity index (χ1) is 4.63. The maximum Gasteiger partial charge on any atom is 0.212 e. The Balaban J connectivity index is 3.34. The second-order valence-corrected chi connectivity index (χ2v) is 1.51. The van der Waals surface area contributed by atoms with E-state index in [2.05, 4.69) is 0 Å². The van der Waals surface area contributed by atoms with E-state index in [1.54, 1.807) is 0 Å². The van der Waals surface area contributed by atoms with Crippen molar-refractivity contribution >= 4 is 0 Å². The van der Waals surface area contributed by atoms with Gasteiger partial charge < -0.3 is 0 Å². The van der Waals surface area contributed by atoms with E-state index in [4.69, 9.17) is 0 Å². The first-order valence-corrected chi connectivity index (χ1v) is 2.26. The third-order valence-electron chi connectivity index (χ3n) is 0.860. The molecular formula is C6F4. The van der Waals surface area contributed by atoms with Crippen molar-refractivity contribution in [1.82, 2.24) is 0 Å². The Morgan fingerprint density at radius 1 is 0.700 bits per heavy atom. The zero-order chi connectivity index (χ0) is 7.72. The molecule has 0 aromatic heterocycles. The molecule has 0 atom stereocenters. The molecule has 0 saturated heterocycles. The highest BCUT2D eigenvalue weighted by Crippen LogP contribution is 2.26. The fourth-order valence-electron chi connectivity index (χ4n) is 0.412. The van der Waals surface area contributed by atoms with Crippen molar-refractivity contribution in [3.63, 3.8) is 0 Å². The normalized spacial score (nSPS) is 17.2. The van der Waals surface area contributed by atoms with E-state index in [-0.39, 0.29) is 0 Å². The van der Waals surface area contributed by atoms with Crippen LogP contribution in [0.5, 0.6) is 0 Å². The maximum atomic E-state index is 12.0. The Labute approximate surface area is 53.5 Å². The van der Waals surface area contributed by atoms with E-state index >= 15 is 0 Å². The lowest BCUT2D eigenvalue weighted by Crippen LogP contribution is -1.84. The van der Waals surface area contributed by atoms with Crippen molar-refractivity contribution in [3.8, 4) is 0 Å². The van der Waals surface area contributed by atoms with Crippen molar-refractivity contribution < 1.29 is 17.6 Å². The molecule has 0 spiro atoms. The Kier molecular flexibility index (Phi) is 1.50. The van der Waals surface area contributed by atoms with Crippen molar-refractivity contribution in [2.24, 2.45) is 0 Å². The SMILES string of the molecule is FC1=C=C=C(F)C(F)=C1F. The van der Waals surface area contributed by atoms with Gasteiger partial charge in [0, 0.05) is 0 Å². The minimum absolute atomic E-state index is 1.43. The zero-order valence-corrected chi connectivity index (χ0v) is 4.51. The summed E-state index contributed by atoms with van der Waals surface area (Å²) in [5.41, 5.74) is 2.85. The van der Waals surface area contributed by atoms with Gasteiger partial charge in [0.25, 0.3) is 0 Å². The van der Waals surface area contributed by atoms with Crippen LogP contribution < -0.4 is 0 Å². The smallest absolute Gasteiger partial charge is 0.200 e. The highest BCUT2D eigenvalue weighted by Gasteiger charge is 2.17. The predicted octanol–water partition coefficient (Wildman–Crippen LogP) is 2.61. The maximum absolute atomic E-state index is 12.0. The molecule has 1 aliphatic carbocycles. The average molecular weight is 148 g/mol. The summed E-state index contributed by atoms with van der Waals surface area (Å²) in [5.74, 6) is -6.87. The van der Waals surface area contributed by atoms with Crippen molar-refractivity contribution in [2.75, 3.05) is 0 Å². The van der Waals surface area contributed by atoms with Gasteiger partial charge in [-0.05, 0) is 11.5 Å². The van der Waals surface area contributed by atoms with Gasteiger partial charge in [-0.2, -0.15) is 17.6 Å². The second kappa shape index (κ2) is 2.18. The molecule has 1 aliphatic rings. The standard InChI is InChI=1S/C6F4/c7-3-1-2-4(8)6(10)5(3)9. The number of hydrogen-bond acceptors (Lipinski definition) is 0. The van der Waals surface area contributed by atoms with Gasteiger partial charge in [-0.15, -0.1) is 0 Å². The summed E-state index contributed by atoms with van der Waals surface area (Å²) in [7, 11) is 0. The summed E-state index contributed by atoms with van der Waals surface area (Å²) in [6.07, 6.45) is 0. The predicted molar refractivity (Wildman–Crippen MR) is 25.5 cm³/mol. The molecule has 0 aromatic rings. The molecule has 0 saturated carbocycles. The Hall–Kier alpha value is -1.24. The van der Waals surface area contributed by atoms with Gasteiger partial charge in [0.15, 0.2) is 0 Å². The van der Waals surface area contributed by atoms with E-state index in [0.29, 0.717) is 0 Å². The quantitative estimate of drug-likeness (QED) is 0.366. The van der Waals surface area contributed by atoms with Gasteiger partial charge in [0.05, 0.1) is 0 Å². The van der Waals surface area contributed by atoms with Crippen LogP contribution in [-0.2, 0) is 0 Å². The third kappa shape index (κ3) is 0.903. The van der Waals surface area contributed by atoms with Gasteiger partial charge in [-0.25, -0.2) is 0 Å². The van der Waals surface area contributed by atoms with E-state index in [1.165, 1.54) is 11.5 Å². The molecule has 0 radical (unpaired) electrons. The fourth-order valence-corrected chi connectivity index (χ4v) is 0.412. The van der Waals surface area contributed by atoms with E-state index in [9.17, 15) is 17.6 Å². The van der Waals surface area contributed by atoms with E-state index < -0.39 is 23.3 Å². The minimum atomic E-state index is -1.86. The molecule has 0 bridgehead atoms. The number of halogens is 4. The summed E-state index contributed by atoms with van der Waals surface area (Å²) < 4.78 is 47.7. The van der Waals surface area contributed by atoms with Crippen LogP contribution in [0.15, 0.2) is 34.8 Å². The molecule has 10 heavy (non-hydrogen) atoms. The first-order valence-electron chi connectivity index (χ1n) is 2.26. The van der Waals surface area contributed by atoms with Gasteiger partial charge in [-0.3, -0.25) is 0 Å². The van der Waals surface area contributed by atoms with Crippen LogP contribution in [0.2, 0.25) is 0 Å². The van der Waals surface area contributed by atoms with Crippen LogP contribution in [0, 0.1) is 0 Å². The number of rotatable bonds is 0. The Morgan fingerprint density at radius 2 is 1.00 bits per heavy atom. The van der Waals surface area contributed by atoms with Gasteiger partial charge in [-0.1, -0.05) is 0 Å². The van der Waals surface area contributed by atoms with Gasteiger partial charge in [0.2, 0.25) is 23.3 Å². The molecule has 0 amide bonds. The molecule has 0 fully saturated rings. The first kappa shape index (κ1) is 6.87. The molecule has 0 aromatic carbocycles. The van der Waals surface area contributed by atoms with Gasteiger partial charge in [0.1, 0.15) is 0 Å². The summed E-state index contributed by atoms with van der Waals surface area (Å²) >= 11 is 0. The molecule has 52 valence electrons. The minimum Gasteiger partial charge on any atom is -0.200 e. The lowest BCUT2D eigenvalue weighted by Gasteiger charge is -1.94. The Bertz CT molecular complexity index is 268. The molecular weight excluding hydrogens is 148 g/mol. The lowest BCUT2D eigenvalue weighted by molar-refractivity contribution is 0.466. The summed E-state index contributed by atoms with van der Waals surface area (Å²) in [6.45, 7) is 0. The van der Waals surface area contributed by atoms with Crippen molar-refractivity contribution in [3.05, 3.63) is 34.8 Å². The molecule has 0 unspecified atom stereocenters. The number of hydrogen-bond donors (Lipinski definition) is 0. The molecule has 0 heterocycles. The highest BCUT2D eigenvalue weighted by atomic mass is 19.2. The summed E-state index contributed by atoms with van der Waals surface area (Å²) in [4.78, 5) is 0. The van der Waals surface area contributed by atoms with Crippen LogP contribution >= 0.6 is 0 Å². The third-order valence-corrected chi connectivity index (χ3v) is 0.860. The molecule has 4 heteroatoms. The molecule has 1 rings (SSSR count). The summed E-state index contributed by atoms with van der Waals surface area (Å²) in [6, 6.07) is 0. The Morgan fingerprint density at radius 3 is 1.30 bits per heavy atom.